The topological polar surface area (TPSA) is 95.4 Å². The molecule has 2 aromatic heterocycles. The van der Waals surface area contributed by atoms with Gasteiger partial charge in [0.05, 0.1) is 5.52 Å². The summed E-state index contributed by atoms with van der Waals surface area (Å²) in [5, 5.41) is 14.2. The maximum absolute atomic E-state index is 13.0. The lowest BCUT2D eigenvalue weighted by Gasteiger charge is -2.22. The number of nitrogens with zero attached hydrogens (tertiary/aromatic N) is 3. The third-order valence-corrected chi connectivity index (χ3v) is 7.06. The zero-order valence-corrected chi connectivity index (χ0v) is 19.2. The van der Waals surface area contributed by atoms with Crippen molar-refractivity contribution in [3.05, 3.63) is 65.5 Å². The average Bonchev–Trinajstić information content (AvgIpc) is 3.21. The van der Waals surface area contributed by atoms with E-state index in [9.17, 15) is 14.7 Å². The Balaban J connectivity index is 1.18. The molecule has 0 saturated carbocycles. The first-order chi connectivity index (χ1) is 16.6. The van der Waals surface area contributed by atoms with Crippen molar-refractivity contribution in [3.63, 3.8) is 0 Å². The van der Waals surface area contributed by atoms with Gasteiger partial charge in [-0.25, -0.2) is 4.98 Å². The highest BCUT2D eigenvalue weighted by Gasteiger charge is 2.34. The van der Waals surface area contributed by atoms with Crippen LogP contribution < -0.4 is 5.32 Å². The number of nitrogens with one attached hydrogen (secondary N) is 1. The number of para-hydroxylation sites is 1. The van der Waals surface area contributed by atoms with Crippen LogP contribution >= 0.6 is 0 Å². The summed E-state index contributed by atoms with van der Waals surface area (Å²) in [6, 6.07) is 13.8. The van der Waals surface area contributed by atoms with Crippen LogP contribution in [0.4, 0.5) is 5.82 Å². The number of pyridine rings is 2. The number of fused-ring (bicyclic) bond motifs is 2. The minimum atomic E-state index is -0.930. The first-order valence-corrected chi connectivity index (χ1v) is 12.2. The van der Waals surface area contributed by atoms with Gasteiger partial charge in [0.15, 0.2) is 0 Å². The molecule has 0 unspecified atom stereocenters. The summed E-state index contributed by atoms with van der Waals surface area (Å²) in [5.41, 5.74) is 3.81. The zero-order chi connectivity index (χ0) is 23.5. The number of amides is 1. The molecule has 7 heteroatoms. The van der Waals surface area contributed by atoms with Gasteiger partial charge >= 0.3 is 5.97 Å². The van der Waals surface area contributed by atoms with E-state index in [1.54, 1.807) is 11.1 Å². The van der Waals surface area contributed by atoms with Gasteiger partial charge in [0, 0.05) is 42.8 Å². The number of carboxylic acid groups (broad SMARTS) is 1. The Hall–Kier alpha value is -3.48. The van der Waals surface area contributed by atoms with E-state index in [1.165, 1.54) is 5.56 Å². The van der Waals surface area contributed by atoms with Gasteiger partial charge < -0.3 is 15.3 Å². The van der Waals surface area contributed by atoms with Crippen LogP contribution in [0.1, 0.15) is 48.4 Å². The van der Waals surface area contributed by atoms with Crippen molar-refractivity contribution in [3.8, 4) is 0 Å². The fraction of sp³-hybridized carbons (Fsp3) is 0.407. The molecule has 3 aromatic rings. The number of aryl methyl sites for hydroxylation is 2. The number of hydrogen-bond donors (Lipinski definition) is 2. The molecule has 2 atom stereocenters. The van der Waals surface area contributed by atoms with E-state index >= 15 is 0 Å². The predicted molar refractivity (Wildman–Crippen MR) is 131 cm³/mol. The Kier molecular flexibility index (Phi) is 6.43. The lowest BCUT2D eigenvalue weighted by Crippen LogP contribution is -2.34. The Labute approximate surface area is 199 Å². The molecule has 0 bridgehead atoms. The molecule has 1 saturated heterocycles. The number of carbonyl (C=O) groups excluding carboxylic acids is 1. The van der Waals surface area contributed by atoms with Crippen molar-refractivity contribution in [2.75, 3.05) is 25.0 Å². The molecule has 5 rings (SSSR count). The van der Waals surface area contributed by atoms with E-state index in [4.69, 9.17) is 4.98 Å². The van der Waals surface area contributed by atoms with E-state index in [0.29, 0.717) is 12.1 Å². The molecule has 1 fully saturated rings. The van der Waals surface area contributed by atoms with Gasteiger partial charge in [-0.2, -0.15) is 0 Å². The highest BCUT2D eigenvalue weighted by Crippen LogP contribution is 2.28. The van der Waals surface area contributed by atoms with Crippen LogP contribution in [0, 0.1) is 5.92 Å². The van der Waals surface area contributed by atoms with Crippen LogP contribution in [0.2, 0.25) is 0 Å². The monoisotopic (exact) mass is 458 g/mol. The summed E-state index contributed by atoms with van der Waals surface area (Å²) in [6.07, 6.45) is 7.17. The lowest BCUT2D eigenvalue weighted by molar-refractivity contribution is -0.140. The Bertz CT molecular complexity index is 1210. The molecule has 7 nitrogen and oxygen atoms in total. The first-order valence-electron chi connectivity index (χ1n) is 12.2. The largest absolute Gasteiger partial charge is 0.481 e. The summed E-state index contributed by atoms with van der Waals surface area (Å²) in [5.74, 6) is -0.679. The van der Waals surface area contributed by atoms with E-state index in [-0.39, 0.29) is 18.4 Å². The van der Waals surface area contributed by atoms with Crippen LogP contribution in [0.15, 0.2) is 48.7 Å². The molecule has 2 N–H and O–H groups in total. The van der Waals surface area contributed by atoms with Gasteiger partial charge in [0.1, 0.15) is 11.7 Å². The number of rotatable bonds is 8. The first kappa shape index (κ1) is 22.3. The number of aliphatic carboxylic acids is 1. The van der Waals surface area contributed by atoms with Gasteiger partial charge in [-0.15, -0.1) is 0 Å². The second-order valence-corrected chi connectivity index (χ2v) is 9.35. The number of likely N-dealkylation sites (tertiary alicyclic amines) is 1. The van der Waals surface area contributed by atoms with Crippen molar-refractivity contribution in [2.24, 2.45) is 5.92 Å². The van der Waals surface area contributed by atoms with Crippen molar-refractivity contribution in [1.29, 1.82) is 0 Å². The van der Waals surface area contributed by atoms with Gasteiger partial charge in [-0.05, 0) is 67.9 Å². The molecule has 2 aliphatic heterocycles. The average molecular weight is 459 g/mol. The number of hydrogen-bond acceptors (Lipinski definition) is 5. The molecule has 0 aliphatic carbocycles. The third-order valence-electron chi connectivity index (χ3n) is 7.06. The quantitative estimate of drug-likeness (QED) is 0.529. The van der Waals surface area contributed by atoms with Crippen molar-refractivity contribution < 1.29 is 14.7 Å². The predicted octanol–water partition coefficient (Wildman–Crippen LogP) is 4.03. The molecule has 1 aromatic carbocycles. The lowest BCUT2D eigenvalue weighted by atomic mass is 9.98. The van der Waals surface area contributed by atoms with E-state index < -0.39 is 11.9 Å². The number of benzene rings is 1. The minimum Gasteiger partial charge on any atom is -0.481 e. The second-order valence-electron chi connectivity index (χ2n) is 9.35. The third kappa shape index (κ3) is 4.74. The molecule has 1 amide bonds. The standard InChI is InChI=1S/C27H30N4O3/c32-26-19(6-3-8-22-11-10-18-7-4-13-28-25(18)30-22)12-14-31(26)17-23(27(33)34)21-15-20-5-1-2-9-24(20)29-16-21/h1-2,5,9-11,15-16,19,23H,3-4,6-8,12-14,17H2,(H,28,30)(H,33,34)/t19-,23-/m1/s1. The Morgan fingerprint density at radius 2 is 2.12 bits per heavy atom. The van der Waals surface area contributed by atoms with Crippen LogP contribution in [-0.2, 0) is 22.4 Å². The van der Waals surface area contributed by atoms with E-state index in [0.717, 1.165) is 67.5 Å². The second kappa shape index (κ2) is 9.79. The maximum atomic E-state index is 13.0. The zero-order valence-electron chi connectivity index (χ0n) is 19.2. The van der Waals surface area contributed by atoms with Gasteiger partial charge in [0.2, 0.25) is 5.91 Å². The van der Waals surface area contributed by atoms with Crippen LogP contribution in [-0.4, -0.2) is 51.5 Å². The molecule has 176 valence electrons. The molecule has 2 aliphatic rings. The SMILES string of the molecule is O=C(O)[C@H](CN1CC[C@@H](CCCc2ccc3c(n2)NCCC3)C1=O)c1cnc2ccccc2c1. The van der Waals surface area contributed by atoms with Crippen LogP contribution in [0.5, 0.6) is 0 Å². The highest BCUT2D eigenvalue weighted by molar-refractivity contribution is 5.84. The van der Waals surface area contributed by atoms with Crippen molar-refractivity contribution in [1.82, 2.24) is 14.9 Å². The number of carboxylic acids is 1. The fourth-order valence-corrected chi connectivity index (χ4v) is 5.12. The summed E-state index contributed by atoms with van der Waals surface area (Å²) < 4.78 is 0. The van der Waals surface area contributed by atoms with Crippen LogP contribution in [0.3, 0.4) is 0 Å². The maximum Gasteiger partial charge on any atom is 0.312 e. The van der Waals surface area contributed by atoms with Gasteiger partial charge in [-0.3, -0.25) is 14.6 Å². The van der Waals surface area contributed by atoms with Gasteiger partial charge in [0.25, 0.3) is 0 Å². The van der Waals surface area contributed by atoms with E-state index in [1.807, 2.05) is 30.3 Å². The molecule has 4 heterocycles. The minimum absolute atomic E-state index is 0.0417. The van der Waals surface area contributed by atoms with Crippen molar-refractivity contribution >= 4 is 28.6 Å². The van der Waals surface area contributed by atoms with Gasteiger partial charge in [-0.1, -0.05) is 24.3 Å². The number of aromatic nitrogens is 2. The Morgan fingerprint density at radius 1 is 1.24 bits per heavy atom. The van der Waals surface area contributed by atoms with Crippen LogP contribution in [0.25, 0.3) is 10.9 Å². The number of anilines is 1. The molecule has 0 spiro atoms. The normalized spacial score (nSPS) is 18.5. The Morgan fingerprint density at radius 3 is 3.00 bits per heavy atom. The fourth-order valence-electron chi connectivity index (χ4n) is 5.12. The molecular formula is C27H30N4O3. The summed E-state index contributed by atoms with van der Waals surface area (Å²) in [4.78, 5) is 36.0. The van der Waals surface area contributed by atoms with Crippen molar-refractivity contribution in [2.45, 2.75) is 44.4 Å². The highest BCUT2D eigenvalue weighted by atomic mass is 16.4. The smallest absolute Gasteiger partial charge is 0.312 e. The molecular weight excluding hydrogens is 428 g/mol. The summed E-state index contributed by atoms with van der Waals surface area (Å²) in [6.45, 7) is 1.76. The van der Waals surface area contributed by atoms with E-state index in [2.05, 4.69) is 22.4 Å². The summed E-state index contributed by atoms with van der Waals surface area (Å²) in [7, 11) is 0. The summed E-state index contributed by atoms with van der Waals surface area (Å²) >= 11 is 0. The number of carbonyl (C=O) groups is 2. The molecule has 0 radical (unpaired) electrons. The molecule has 34 heavy (non-hydrogen) atoms.